The first-order valence-electron chi connectivity index (χ1n) is 7.85. The maximum absolute atomic E-state index is 8.81. The Bertz CT molecular complexity index is 752. The molecule has 0 radical (unpaired) electrons. The van der Waals surface area contributed by atoms with E-state index in [1.165, 1.54) is 11.1 Å². The highest BCUT2D eigenvalue weighted by molar-refractivity contribution is 7.69. The van der Waals surface area contributed by atoms with Gasteiger partial charge in [0.15, 0.2) is 10.9 Å². The van der Waals surface area contributed by atoms with E-state index in [-0.39, 0.29) is 0 Å². The lowest BCUT2D eigenvalue weighted by molar-refractivity contribution is 0.616. The van der Waals surface area contributed by atoms with Gasteiger partial charge in [-0.25, -0.2) is 13.6 Å². The van der Waals surface area contributed by atoms with Crippen molar-refractivity contribution in [1.82, 2.24) is 0 Å². The zero-order valence-corrected chi connectivity index (χ0v) is 15.0. The molecule has 24 heavy (non-hydrogen) atoms. The predicted molar refractivity (Wildman–Crippen MR) is 102 cm³/mol. The minimum Gasteiger partial charge on any atom is -0.374 e. The summed E-state index contributed by atoms with van der Waals surface area (Å²) in [7, 11) is -2.62. The fourth-order valence-corrected chi connectivity index (χ4v) is 2.23. The van der Waals surface area contributed by atoms with Crippen molar-refractivity contribution in [3.8, 4) is 11.8 Å². The number of para-hydroxylation sites is 1. The van der Waals surface area contributed by atoms with Crippen molar-refractivity contribution in [2.45, 2.75) is 26.7 Å². The normalized spacial score (nSPS) is 9.50. The molecule has 0 heterocycles. The van der Waals surface area contributed by atoms with Crippen LogP contribution < -0.4 is 10.5 Å². The lowest BCUT2D eigenvalue weighted by Crippen LogP contribution is -1.98. The molecule has 0 aliphatic carbocycles. The van der Waals surface area contributed by atoms with Crippen molar-refractivity contribution in [3.63, 3.8) is 0 Å². The first-order valence-corrected chi connectivity index (χ1v) is 9.10. The Balaban J connectivity index is 0.000000648. The van der Waals surface area contributed by atoms with Gasteiger partial charge in [-0.05, 0) is 48.2 Å². The van der Waals surface area contributed by atoms with E-state index in [2.05, 4.69) is 54.3 Å². The van der Waals surface area contributed by atoms with Crippen molar-refractivity contribution in [2.24, 2.45) is 5.14 Å². The van der Waals surface area contributed by atoms with Crippen molar-refractivity contribution >= 4 is 16.6 Å². The van der Waals surface area contributed by atoms with Crippen molar-refractivity contribution in [1.29, 1.82) is 0 Å². The van der Waals surface area contributed by atoms with Crippen LogP contribution in [-0.2, 0) is 23.7 Å². The summed E-state index contributed by atoms with van der Waals surface area (Å²) in [6, 6.07) is 16.7. The van der Waals surface area contributed by atoms with Crippen LogP contribution in [0.2, 0.25) is 0 Å². The lowest BCUT2D eigenvalue weighted by atomic mass is 10.0. The summed E-state index contributed by atoms with van der Waals surface area (Å²) in [5, 5.41) is 7.36. The molecular formula is C19H24N2O2S. The highest BCUT2D eigenvalue weighted by Crippen LogP contribution is 2.13. The number of hydrogen-bond donors (Lipinski definition) is 3. The maximum Gasteiger partial charge on any atom is 0.198 e. The van der Waals surface area contributed by atoms with Gasteiger partial charge >= 0.3 is 0 Å². The molecule has 128 valence electrons. The van der Waals surface area contributed by atoms with Gasteiger partial charge in [0.05, 0.1) is 6.54 Å². The summed E-state index contributed by atoms with van der Waals surface area (Å²) in [6.45, 7) is 5.06. The standard InChI is InChI=1S/C19H21N.H3NO2S/c1-3-17-13-12-16(15-18(17)4-2)9-8-14-20-19-10-6-5-7-11-19;1-4(2)3/h5-7,10-13,15,20H,3-4,14H2,1-2H3;4H,(H2,1,2,3). The van der Waals surface area contributed by atoms with Gasteiger partial charge < -0.3 is 5.32 Å². The smallest absolute Gasteiger partial charge is 0.198 e. The summed E-state index contributed by atoms with van der Waals surface area (Å²) in [6.07, 6.45) is 2.16. The third-order valence-corrected chi connectivity index (χ3v) is 3.36. The highest BCUT2D eigenvalue weighted by Gasteiger charge is 1.98. The average Bonchev–Trinajstić information content (AvgIpc) is 2.59. The molecule has 0 saturated heterocycles. The van der Waals surface area contributed by atoms with E-state index in [0.29, 0.717) is 6.54 Å². The van der Waals surface area contributed by atoms with E-state index in [1.807, 2.05) is 30.3 Å². The van der Waals surface area contributed by atoms with Gasteiger partial charge in [0.25, 0.3) is 0 Å². The molecule has 0 atom stereocenters. The third kappa shape index (κ3) is 7.82. The van der Waals surface area contributed by atoms with Gasteiger partial charge in [0, 0.05) is 11.3 Å². The second-order valence-electron chi connectivity index (χ2n) is 5.00. The van der Waals surface area contributed by atoms with Crippen LogP contribution in [0.5, 0.6) is 0 Å². The molecular weight excluding hydrogens is 320 g/mol. The summed E-state index contributed by atoms with van der Waals surface area (Å²) < 4.78 is 17.6. The topological polar surface area (TPSA) is 72.2 Å². The molecule has 5 heteroatoms. The Morgan fingerprint density at radius 1 is 1.00 bits per heavy atom. The molecule has 0 saturated carbocycles. The number of benzene rings is 2. The van der Waals surface area contributed by atoms with Crippen LogP contribution in [0.3, 0.4) is 0 Å². The quantitative estimate of drug-likeness (QED) is 0.590. The van der Waals surface area contributed by atoms with E-state index < -0.39 is 10.9 Å². The molecule has 2 aromatic rings. The van der Waals surface area contributed by atoms with Gasteiger partial charge in [-0.2, -0.15) is 0 Å². The van der Waals surface area contributed by atoms with Gasteiger partial charge in [-0.15, -0.1) is 0 Å². The Morgan fingerprint density at radius 2 is 1.62 bits per heavy atom. The molecule has 0 amide bonds. The van der Waals surface area contributed by atoms with E-state index in [4.69, 9.17) is 8.42 Å². The van der Waals surface area contributed by atoms with Crippen LogP contribution in [0, 0.1) is 11.8 Å². The third-order valence-electron chi connectivity index (χ3n) is 3.36. The van der Waals surface area contributed by atoms with Crippen LogP contribution in [0.1, 0.15) is 30.5 Å². The molecule has 0 aliphatic heterocycles. The number of nitrogens with one attached hydrogen (secondary N) is 1. The second kappa shape index (κ2) is 11.3. The number of thiol groups is 1. The number of rotatable bonds is 4. The lowest BCUT2D eigenvalue weighted by Gasteiger charge is -2.05. The van der Waals surface area contributed by atoms with E-state index in [1.54, 1.807) is 0 Å². The number of anilines is 1. The van der Waals surface area contributed by atoms with Crippen LogP contribution in [0.15, 0.2) is 48.5 Å². The molecule has 0 spiro atoms. The molecule has 4 nitrogen and oxygen atoms in total. The van der Waals surface area contributed by atoms with Crippen molar-refractivity contribution in [3.05, 3.63) is 65.2 Å². The summed E-state index contributed by atoms with van der Waals surface area (Å²) in [5.74, 6) is 6.41. The summed E-state index contributed by atoms with van der Waals surface area (Å²) >= 11 is 0. The zero-order valence-electron chi connectivity index (χ0n) is 14.1. The Kier molecular flexibility index (Phi) is 9.28. The Hall–Kier alpha value is -2.29. The van der Waals surface area contributed by atoms with E-state index in [0.717, 1.165) is 24.1 Å². The van der Waals surface area contributed by atoms with Gasteiger partial charge in [0.1, 0.15) is 0 Å². The maximum atomic E-state index is 8.81. The van der Waals surface area contributed by atoms with E-state index in [9.17, 15) is 0 Å². The number of aryl methyl sites for hydroxylation is 2. The Labute approximate surface area is 146 Å². The van der Waals surface area contributed by atoms with Crippen LogP contribution >= 0.6 is 0 Å². The molecule has 0 unspecified atom stereocenters. The van der Waals surface area contributed by atoms with Crippen LogP contribution in [-0.4, -0.2) is 15.0 Å². The van der Waals surface area contributed by atoms with Gasteiger partial charge in [-0.1, -0.05) is 50.0 Å². The Morgan fingerprint density at radius 3 is 2.21 bits per heavy atom. The molecule has 0 fully saturated rings. The predicted octanol–water partition coefficient (Wildman–Crippen LogP) is 2.75. The van der Waals surface area contributed by atoms with Crippen molar-refractivity contribution in [2.75, 3.05) is 11.9 Å². The second-order valence-corrected chi connectivity index (χ2v) is 5.57. The fourth-order valence-electron chi connectivity index (χ4n) is 2.23. The SMILES string of the molecule is CCc1ccc(C#CCNc2ccccc2)cc1CC.N[SH](=O)=O. The molecule has 3 N–H and O–H groups in total. The zero-order chi connectivity index (χ0) is 17.8. The number of nitrogens with two attached hydrogens (primary N) is 1. The largest absolute Gasteiger partial charge is 0.374 e. The summed E-state index contributed by atoms with van der Waals surface area (Å²) in [5.41, 5.74) is 5.06. The average molecular weight is 344 g/mol. The minimum atomic E-state index is -2.62. The molecule has 0 aromatic heterocycles. The van der Waals surface area contributed by atoms with E-state index >= 15 is 0 Å². The first-order chi connectivity index (χ1) is 11.6. The van der Waals surface area contributed by atoms with Gasteiger partial charge in [-0.3, -0.25) is 0 Å². The minimum absolute atomic E-state index is 0.668. The van der Waals surface area contributed by atoms with Gasteiger partial charge in [0.2, 0.25) is 0 Å². The fraction of sp³-hybridized carbons (Fsp3) is 0.263. The van der Waals surface area contributed by atoms with Crippen LogP contribution in [0.25, 0.3) is 0 Å². The molecule has 0 aliphatic rings. The molecule has 2 aromatic carbocycles. The summed E-state index contributed by atoms with van der Waals surface area (Å²) in [4.78, 5) is 0. The number of hydrogen-bond acceptors (Lipinski definition) is 3. The monoisotopic (exact) mass is 344 g/mol. The molecule has 2 rings (SSSR count). The first kappa shape index (κ1) is 19.8. The molecule has 0 bridgehead atoms. The van der Waals surface area contributed by atoms with Crippen molar-refractivity contribution < 1.29 is 8.42 Å². The van der Waals surface area contributed by atoms with Crippen LogP contribution in [0.4, 0.5) is 5.69 Å². The highest BCUT2D eigenvalue weighted by atomic mass is 32.2.